The number of alkyl halides is 3. The van der Waals surface area contributed by atoms with Crippen molar-refractivity contribution in [2.24, 2.45) is 4.36 Å². The highest BCUT2D eigenvalue weighted by Crippen LogP contribution is 2.13. The monoisotopic (exact) mass is 183 g/mol. The van der Waals surface area contributed by atoms with Crippen molar-refractivity contribution < 1.29 is 13.2 Å². The van der Waals surface area contributed by atoms with E-state index in [-0.39, 0.29) is 0 Å². The smallest absolute Gasteiger partial charge is 0.351 e. The Morgan fingerprint density at radius 2 is 2.00 bits per heavy atom. The summed E-state index contributed by atoms with van der Waals surface area (Å²) in [5.74, 6) is 0. The lowest BCUT2D eigenvalue weighted by molar-refractivity contribution is -0.117. The highest BCUT2D eigenvalue weighted by atomic mass is 32.1. The summed E-state index contributed by atoms with van der Waals surface area (Å²) in [7, 11) is 0. The number of nitrogens with one attached hydrogen (secondary N) is 1. The molecule has 0 bridgehead atoms. The van der Waals surface area contributed by atoms with Crippen molar-refractivity contribution in [2.45, 2.75) is 6.30 Å². The van der Waals surface area contributed by atoms with Crippen LogP contribution in [0.15, 0.2) is 23.1 Å². The summed E-state index contributed by atoms with van der Waals surface area (Å²) < 4.78 is 33.1. The molecule has 3 nitrogen and oxygen atoms in total. The van der Waals surface area contributed by atoms with Crippen molar-refractivity contribution in [1.29, 1.82) is 0 Å². The van der Waals surface area contributed by atoms with Gasteiger partial charge in [-0.15, -0.1) is 17.5 Å². The number of nitrogens with zero attached hydrogens (tertiary/aromatic N) is 2. The van der Waals surface area contributed by atoms with E-state index in [9.17, 15) is 13.2 Å². The molecule has 0 aliphatic heterocycles. The van der Waals surface area contributed by atoms with Gasteiger partial charge in [0.05, 0.1) is 6.33 Å². The summed E-state index contributed by atoms with van der Waals surface area (Å²) in [5.41, 5.74) is 0. The zero-order valence-corrected chi connectivity index (χ0v) is 5.99. The molecule has 0 unspecified atom stereocenters. The lowest BCUT2D eigenvalue weighted by atomic mass is 11.0. The first-order valence-corrected chi connectivity index (χ1v) is 2.77. The second kappa shape index (κ2) is 4.78. The van der Waals surface area contributed by atoms with Crippen LogP contribution in [-0.2, 0) is 12.4 Å². The molecule has 1 aromatic heterocycles. The zero-order chi connectivity index (χ0) is 8.74. The Morgan fingerprint density at radius 1 is 1.45 bits per heavy atom. The average molecular weight is 183 g/mol. The van der Waals surface area contributed by atoms with Gasteiger partial charge < -0.3 is 4.98 Å². The van der Waals surface area contributed by atoms with Gasteiger partial charge in [-0.2, -0.15) is 0 Å². The van der Waals surface area contributed by atoms with Gasteiger partial charge in [-0.25, -0.2) is 4.98 Å². The van der Waals surface area contributed by atoms with E-state index >= 15 is 0 Å². The summed E-state index contributed by atoms with van der Waals surface area (Å²) >= 11 is 3.29. The molecule has 0 aromatic carbocycles. The van der Waals surface area contributed by atoms with E-state index in [0.717, 1.165) is 0 Å². The van der Waals surface area contributed by atoms with Crippen molar-refractivity contribution in [2.75, 3.05) is 0 Å². The number of aromatic nitrogens is 2. The minimum absolute atomic E-state index is 1.60. The molecule has 0 aliphatic carbocycles. The zero-order valence-electron chi connectivity index (χ0n) is 5.17. The third-order valence-electron chi connectivity index (χ3n) is 0.509. The van der Waals surface area contributed by atoms with E-state index in [1.165, 1.54) is 0 Å². The summed E-state index contributed by atoms with van der Waals surface area (Å²) in [5, 5.41) is 0. The van der Waals surface area contributed by atoms with E-state index in [1.54, 1.807) is 23.1 Å². The van der Waals surface area contributed by atoms with Crippen molar-refractivity contribution in [3.8, 4) is 0 Å². The number of imidazole rings is 1. The molecule has 1 aromatic rings. The summed E-state index contributed by atoms with van der Waals surface area (Å²) in [6.07, 6.45) is 0.565. The fourth-order valence-corrected chi connectivity index (χ4v) is 0.215. The van der Waals surface area contributed by atoms with Crippen LogP contribution in [0.1, 0.15) is 0 Å². The van der Waals surface area contributed by atoms with Gasteiger partial charge in [-0.1, -0.05) is 0 Å². The average Bonchev–Trinajstić information content (AvgIpc) is 2.41. The number of hydrogen-bond acceptors (Lipinski definition) is 3. The molecule has 1 N–H and O–H groups in total. The third kappa shape index (κ3) is 9.02. The van der Waals surface area contributed by atoms with Crippen LogP contribution in [0, 0.1) is 0 Å². The van der Waals surface area contributed by atoms with Crippen LogP contribution < -0.4 is 0 Å². The third-order valence-corrected chi connectivity index (χ3v) is 0.716. The molecule has 1 rings (SSSR count). The largest absolute Gasteiger partial charge is 0.514 e. The molecular formula is C4H4F3N3S. The van der Waals surface area contributed by atoms with Gasteiger partial charge in [0, 0.05) is 24.8 Å². The molecule has 0 atom stereocenters. The maximum Gasteiger partial charge on any atom is 0.514 e. The molecule has 0 aliphatic rings. The van der Waals surface area contributed by atoms with Crippen LogP contribution in [0.4, 0.5) is 13.2 Å². The van der Waals surface area contributed by atoms with Gasteiger partial charge in [-0.3, -0.25) is 0 Å². The number of halogens is 3. The summed E-state index contributed by atoms with van der Waals surface area (Å²) in [6.45, 7) is 0. The predicted octanol–water partition coefficient (Wildman–Crippen LogP) is 1.65. The van der Waals surface area contributed by atoms with Gasteiger partial charge in [0.25, 0.3) is 0 Å². The van der Waals surface area contributed by atoms with E-state index in [2.05, 4.69) is 22.4 Å². The topological polar surface area (TPSA) is 41.0 Å². The highest BCUT2D eigenvalue weighted by molar-refractivity contribution is 7.47. The van der Waals surface area contributed by atoms with Crippen LogP contribution in [-0.4, -0.2) is 16.3 Å². The SMILES string of the molecule is FC(F)(F)N=S.c1c[nH]cn1. The normalized spacial score (nSPS) is 9.73. The number of rotatable bonds is 0. The van der Waals surface area contributed by atoms with Crippen LogP contribution in [0.25, 0.3) is 0 Å². The van der Waals surface area contributed by atoms with Crippen LogP contribution in [0.5, 0.6) is 0 Å². The molecular weight excluding hydrogens is 179 g/mol. The summed E-state index contributed by atoms with van der Waals surface area (Å²) in [6, 6.07) is 0. The summed E-state index contributed by atoms with van der Waals surface area (Å²) in [4.78, 5) is 6.42. The predicted molar refractivity (Wildman–Crippen MR) is 34.4 cm³/mol. The Kier molecular flexibility index (Phi) is 4.35. The first-order chi connectivity index (χ1) is 5.06. The Morgan fingerprint density at radius 3 is 2.09 bits per heavy atom. The Balaban J connectivity index is 0.000000183. The Labute approximate surface area is 65.8 Å². The molecule has 0 spiro atoms. The van der Waals surface area contributed by atoms with Gasteiger partial charge in [0.15, 0.2) is 0 Å². The second-order valence-electron chi connectivity index (χ2n) is 1.32. The molecule has 0 radical (unpaired) electrons. The Bertz CT molecular complexity index is 166. The number of aromatic amines is 1. The van der Waals surface area contributed by atoms with Crippen LogP contribution in [0.2, 0.25) is 0 Å². The fourth-order valence-electron chi connectivity index (χ4n) is 0.215. The van der Waals surface area contributed by atoms with Crippen molar-refractivity contribution in [3.63, 3.8) is 0 Å². The number of hydrogen-bond donors (Lipinski definition) is 1. The molecule has 0 saturated carbocycles. The molecule has 62 valence electrons. The minimum Gasteiger partial charge on any atom is -0.351 e. The van der Waals surface area contributed by atoms with E-state index in [0.29, 0.717) is 0 Å². The second-order valence-corrected chi connectivity index (χ2v) is 1.50. The minimum atomic E-state index is -4.52. The maximum atomic E-state index is 10.5. The Hall–Kier alpha value is -0.980. The van der Waals surface area contributed by atoms with Gasteiger partial charge in [0.1, 0.15) is 0 Å². The van der Waals surface area contributed by atoms with E-state index in [1.807, 2.05) is 0 Å². The van der Waals surface area contributed by atoms with Crippen LogP contribution >= 0.6 is 0 Å². The molecule has 0 fully saturated rings. The van der Waals surface area contributed by atoms with E-state index in [4.69, 9.17) is 0 Å². The quantitative estimate of drug-likeness (QED) is 0.621. The van der Waals surface area contributed by atoms with E-state index < -0.39 is 6.30 Å². The fraction of sp³-hybridized carbons (Fsp3) is 0.250. The van der Waals surface area contributed by atoms with Crippen molar-refractivity contribution in [3.05, 3.63) is 18.7 Å². The maximum absolute atomic E-state index is 10.5. The van der Waals surface area contributed by atoms with Crippen molar-refractivity contribution >= 4 is 12.4 Å². The van der Waals surface area contributed by atoms with Gasteiger partial charge >= 0.3 is 6.30 Å². The first kappa shape index (κ1) is 10.0. The molecule has 7 heteroatoms. The standard InChI is InChI=1S/C3H4N2.CF3NS/c1-2-5-3-4-1;2-1(3,4)5-6/h1-3H,(H,4,5);. The highest BCUT2D eigenvalue weighted by Gasteiger charge is 2.24. The van der Waals surface area contributed by atoms with Crippen LogP contribution in [0.3, 0.4) is 0 Å². The molecule has 0 saturated heterocycles. The van der Waals surface area contributed by atoms with Crippen molar-refractivity contribution in [1.82, 2.24) is 9.97 Å². The first-order valence-electron chi connectivity index (χ1n) is 2.40. The number of H-pyrrole nitrogens is 1. The molecule has 1 heterocycles. The molecule has 11 heavy (non-hydrogen) atoms. The lowest BCUT2D eigenvalue weighted by Crippen LogP contribution is -1.98. The lowest BCUT2D eigenvalue weighted by Gasteiger charge is -1.88. The van der Waals surface area contributed by atoms with Gasteiger partial charge in [-0.05, 0) is 0 Å². The molecule has 0 amide bonds. The van der Waals surface area contributed by atoms with Gasteiger partial charge in [0.2, 0.25) is 0 Å².